The number of nitro groups is 1. The van der Waals surface area contributed by atoms with Crippen molar-refractivity contribution in [1.82, 2.24) is 0 Å². The van der Waals surface area contributed by atoms with Crippen molar-refractivity contribution in [2.45, 2.75) is 12.8 Å². The van der Waals surface area contributed by atoms with Gasteiger partial charge in [0.2, 0.25) is 11.8 Å². The smallest absolute Gasteiger partial charge is 0.269 e. The van der Waals surface area contributed by atoms with Gasteiger partial charge in [0.25, 0.3) is 5.69 Å². The van der Waals surface area contributed by atoms with Crippen LogP contribution in [0.4, 0.5) is 17.1 Å². The molecule has 1 heterocycles. The summed E-state index contributed by atoms with van der Waals surface area (Å²) in [6.45, 7) is 0.618. The van der Waals surface area contributed by atoms with E-state index in [-0.39, 0.29) is 17.5 Å². The molecule has 0 aromatic heterocycles. The summed E-state index contributed by atoms with van der Waals surface area (Å²) in [6, 6.07) is 11.0. The van der Waals surface area contributed by atoms with Gasteiger partial charge >= 0.3 is 0 Å². The number of non-ortho nitro benzene ring substituents is 1. The zero-order valence-electron chi connectivity index (χ0n) is 15.3. The molecule has 1 fully saturated rings. The van der Waals surface area contributed by atoms with E-state index in [1.807, 2.05) is 0 Å². The Morgan fingerprint density at radius 3 is 2.61 bits per heavy atom. The van der Waals surface area contributed by atoms with E-state index in [1.54, 1.807) is 41.3 Å². The highest BCUT2D eigenvalue weighted by atomic mass is 16.6. The van der Waals surface area contributed by atoms with Crippen LogP contribution in [0.5, 0.6) is 5.75 Å². The van der Waals surface area contributed by atoms with Gasteiger partial charge in [-0.1, -0.05) is 0 Å². The number of rotatable bonds is 6. The van der Waals surface area contributed by atoms with E-state index in [1.165, 1.54) is 25.3 Å². The van der Waals surface area contributed by atoms with E-state index < -0.39 is 4.92 Å². The molecule has 0 atom stereocenters. The molecule has 1 N–H and O–H groups in total. The molecule has 8 nitrogen and oxygen atoms in total. The van der Waals surface area contributed by atoms with Crippen molar-refractivity contribution in [2.75, 3.05) is 23.9 Å². The first-order valence-corrected chi connectivity index (χ1v) is 8.70. The number of amides is 2. The zero-order valence-corrected chi connectivity index (χ0v) is 15.3. The van der Waals surface area contributed by atoms with Crippen LogP contribution >= 0.6 is 0 Å². The third-order valence-corrected chi connectivity index (χ3v) is 4.34. The maximum atomic E-state index is 12.2. The van der Waals surface area contributed by atoms with E-state index in [0.29, 0.717) is 35.7 Å². The minimum Gasteiger partial charge on any atom is -0.495 e. The summed E-state index contributed by atoms with van der Waals surface area (Å²) in [4.78, 5) is 36.1. The van der Waals surface area contributed by atoms with Gasteiger partial charge in [-0.3, -0.25) is 19.7 Å². The molecule has 144 valence electrons. The van der Waals surface area contributed by atoms with Crippen LogP contribution in [0.3, 0.4) is 0 Å². The summed E-state index contributed by atoms with van der Waals surface area (Å²) in [7, 11) is 1.53. The molecule has 2 aromatic carbocycles. The van der Waals surface area contributed by atoms with Crippen molar-refractivity contribution < 1.29 is 19.2 Å². The van der Waals surface area contributed by atoms with Crippen molar-refractivity contribution in [2.24, 2.45) is 0 Å². The molecule has 0 radical (unpaired) electrons. The van der Waals surface area contributed by atoms with E-state index in [0.717, 1.165) is 6.42 Å². The molecule has 1 aliphatic heterocycles. The fraction of sp³-hybridized carbons (Fsp3) is 0.200. The second-order valence-corrected chi connectivity index (χ2v) is 6.21. The molecule has 0 unspecified atom stereocenters. The van der Waals surface area contributed by atoms with E-state index in [4.69, 9.17) is 4.74 Å². The maximum absolute atomic E-state index is 12.2. The summed E-state index contributed by atoms with van der Waals surface area (Å²) < 4.78 is 5.33. The lowest BCUT2D eigenvalue weighted by atomic mass is 10.2. The summed E-state index contributed by atoms with van der Waals surface area (Å²) in [5.74, 6) is 0.233. The normalized spacial score (nSPS) is 13.8. The zero-order chi connectivity index (χ0) is 20.1. The third-order valence-electron chi connectivity index (χ3n) is 4.34. The molecular weight excluding hydrogens is 362 g/mol. The first kappa shape index (κ1) is 19.1. The molecule has 0 saturated carbocycles. The molecule has 2 amide bonds. The summed E-state index contributed by atoms with van der Waals surface area (Å²) in [5, 5.41) is 13.4. The lowest BCUT2D eigenvalue weighted by molar-refractivity contribution is -0.384. The second-order valence-electron chi connectivity index (χ2n) is 6.21. The van der Waals surface area contributed by atoms with Crippen LogP contribution in [-0.2, 0) is 9.59 Å². The topological polar surface area (TPSA) is 102 Å². The van der Waals surface area contributed by atoms with Crippen LogP contribution in [0.25, 0.3) is 6.08 Å². The van der Waals surface area contributed by atoms with Crippen molar-refractivity contribution in [3.8, 4) is 5.75 Å². The van der Waals surface area contributed by atoms with Crippen molar-refractivity contribution in [3.05, 3.63) is 64.2 Å². The van der Waals surface area contributed by atoms with Crippen molar-refractivity contribution >= 4 is 35.0 Å². The third kappa shape index (κ3) is 4.35. The highest BCUT2D eigenvalue weighted by molar-refractivity contribution is 6.03. The lowest BCUT2D eigenvalue weighted by Gasteiger charge is -2.20. The highest BCUT2D eigenvalue weighted by Gasteiger charge is 2.24. The van der Waals surface area contributed by atoms with Crippen LogP contribution in [0.1, 0.15) is 18.4 Å². The van der Waals surface area contributed by atoms with Gasteiger partial charge in [0.15, 0.2) is 0 Å². The number of hydrogen-bond acceptors (Lipinski definition) is 5. The molecule has 3 rings (SSSR count). The Balaban J connectivity index is 1.71. The molecule has 0 bridgehead atoms. The molecule has 1 saturated heterocycles. The molecule has 8 heteroatoms. The van der Waals surface area contributed by atoms with Crippen LogP contribution < -0.4 is 15.0 Å². The number of nitro benzene ring substituents is 1. The number of carbonyl (C=O) groups excluding carboxylic acids is 2. The predicted octanol–water partition coefficient (Wildman–Crippen LogP) is 3.38. The minimum absolute atomic E-state index is 0.0103. The Bertz CT molecular complexity index is 937. The van der Waals surface area contributed by atoms with Gasteiger partial charge in [0, 0.05) is 36.9 Å². The Labute approximate surface area is 161 Å². The second kappa shape index (κ2) is 8.34. The van der Waals surface area contributed by atoms with Crippen LogP contribution in [0.2, 0.25) is 0 Å². The fourth-order valence-electron chi connectivity index (χ4n) is 2.94. The molecule has 0 spiro atoms. The molecular formula is C20H19N3O5. The SMILES string of the molecule is COc1ccc(NC(=O)/C=C/c2ccc([N+](=O)[O-])cc2)cc1N1CCCC1=O. The first-order chi connectivity index (χ1) is 13.5. The number of ether oxygens (including phenoxy) is 1. The number of hydrogen-bond donors (Lipinski definition) is 1. The average Bonchev–Trinajstić information content (AvgIpc) is 3.12. The monoisotopic (exact) mass is 381 g/mol. The molecule has 28 heavy (non-hydrogen) atoms. The van der Waals surface area contributed by atoms with Crippen LogP contribution in [0.15, 0.2) is 48.5 Å². The number of carbonyl (C=O) groups is 2. The Kier molecular flexibility index (Phi) is 5.69. The van der Waals surface area contributed by atoms with Gasteiger partial charge in [-0.05, 0) is 48.4 Å². The van der Waals surface area contributed by atoms with Gasteiger partial charge in [0.05, 0.1) is 17.7 Å². The van der Waals surface area contributed by atoms with Gasteiger partial charge in [-0.2, -0.15) is 0 Å². The van der Waals surface area contributed by atoms with Crippen molar-refractivity contribution in [1.29, 1.82) is 0 Å². The summed E-state index contributed by atoms with van der Waals surface area (Å²) >= 11 is 0. The largest absolute Gasteiger partial charge is 0.495 e. The quantitative estimate of drug-likeness (QED) is 0.469. The number of anilines is 2. The Morgan fingerprint density at radius 1 is 1.25 bits per heavy atom. The van der Waals surface area contributed by atoms with E-state index in [2.05, 4.69) is 5.32 Å². The van der Waals surface area contributed by atoms with Crippen LogP contribution in [-0.4, -0.2) is 30.4 Å². The summed E-state index contributed by atoms with van der Waals surface area (Å²) in [5.41, 5.74) is 1.82. The highest BCUT2D eigenvalue weighted by Crippen LogP contribution is 2.34. The maximum Gasteiger partial charge on any atom is 0.269 e. The van der Waals surface area contributed by atoms with Crippen molar-refractivity contribution in [3.63, 3.8) is 0 Å². The first-order valence-electron chi connectivity index (χ1n) is 8.70. The van der Waals surface area contributed by atoms with Gasteiger partial charge in [-0.15, -0.1) is 0 Å². The van der Waals surface area contributed by atoms with Gasteiger partial charge in [0.1, 0.15) is 5.75 Å². The van der Waals surface area contributed by atoms with E-state index in [9.17, 15) is 19.7 Å². The van der Waals surface area contributed by atoms with Gasteiger partial charge in [-0.25, -0.2) is 0 Å². The standard InChI is InChI=1S/C20H19N3O5/c1-28-18-10-7-15(13-17(18)22-12-2-3-20(22)25)21-19(24)11-6-14-4-8-16(9-5-14)23(26)27/h4-11,13H,2-3,12H2,1H3,(H,21,24)/b11-6+. The fourth-order valence-corrected chi connectivity index (χ4v) is 2.94. The molecule has 1 aliphatic rings. The average molecular weight is 381 g/mol. The van der Waals surface area contributed by atoms with E-state index >= 15 is 0 Å². The number of methoxy groups -OCH3 is 1. The molecule has 2 aromatic rings. The molecule has 0 aliphatic carbocycles. The lowest BCUT2D eigenvalue weighted by Crippen LogP contribution is -2.24. The summed E-state index contributed by atoms with van der Waals surface area (Å²) in [6.07, 6.45) is 4.19. The Morgan fingerprint density at radius 2 is 2.00 bits per heavy atom. The van der Waals surface area contributed by atoms with Gasteiger partial charge < -0.3 is 15.0 Å². The Hall–Kier alpha value is -3.68. The minimum atomic E-state index is -0.480. The number of benzene rings is 2. The number of nitrogens with zero attached hydrogens (tertiary/aromatic N) is 2. The van der Waals surface area contributed by atoms with Crippen LogP contribution in [0, 0.1) is 10.1 Å². The predicted molar refractivity (Wildman–Crippen MR) is 105 cm³/mol. The number of nitrogens with one attached hydrogen (secondary N) is 1.